The normalized spacial score (nSPS) is 20.6. The zero-order chi connectivity index (χ0) is 22.8. The summed E-state index contributed by atoms with van der Waals surface area (Å²) < 4.78 is 13.1. The van der Waals surface area contributed by atoms with Gasteiger partial charge in [-0.1, -0.05) is 5.21 Å². The van der Waals surface area contributed by atoms with Crippen molar-refractivity contribution in [3.05, 3.63) is 23.5 Å². The van der Waals surface area contributed by atoms with Gasteiger partial charge in [-0.15, -0.1) is 5.10 Å². The number of aromatic nitrogens is 4. The Hall–Kier alpha value is -3.17. The van der Waals surface area contributed by atoms with Gasteiger partial charge in [-0.05, 0) is 57.6 Å². The number of carbonyl (C=O) groups excluding carboxylic acids is 1. The lowest BCUT2D eigenvalue weighted by atomic mass is 9.87. The van der Waals surface area contributed by atoms with Gasteiger partial charge in [0.05, 0.1) is 23.4 Å². The summed E-state index contributed by atoms with van der Waals surface area (Å²) in [4.78, 5) is 29.8. The fourth-order valence-corrected chi connectivity index (χ4v) is 4.04. The molecule has 2 aromatic heterocycles. The van der Waals surface area contributed by atoms with E-state index in [2.05, 4.69) is 15.3 Å². The molecule has 2 aliphatic carbocycles. The topological polar surface area (TPSA) is 120 Å². The first-order valence-electron chi connectivity index (χ1n) is 11.0. The lowest BCUT2D eigenvalue weighted by Gasteiger charge is -2.27. The largest absolute Gasteiger partial charge is 0.489 e. The number of pyridine rings is 1. The van der Waals surface area contributed by atoms with Crippen molar-refractivity contribution in [1.82, 2.24) is 24.9 Å². The molecule has 2 atom stereocenters. The average Bonchev–Trinajstić information content (AvgIpc) is 3.56. The third-order valence-corrected chi connectivity index (χ3v) is 6.21. The fraction of sp³-hybridized carbons (Fsp3) is 0.591. The molecule has 0 spiro atoms. The van der Waals surface area contributed by atoms with Gasteiger partial charge in [-0.25, -0.2) is 14.5 Å². The van der Waals surface area contributed by atoms with Crippen LogP contribution in [0.5, 0.6) is 5.75 Å². The summed E-state index contributed by atoms with van der Waals surface area (Å²) in [6.45, 7) is 1.89. The fourth-order valence-electron chi connectivity index (χ4n) is 4.04. The Kier molecular flexibility index (Phi) is 6.29. The smallest absolute Gasteiger partial charge is 0.410 e. The number of aliphatic carboxylic acids is 1. The van der Waals surface area contributed by atoms with Crippen LogP contribution in [0, 0.1) is 12.8 Å². The number of hydrogen-bond acceptors (Lipinski definition) is 7. The number of carboxylic acid groups (broad SMARTS) is 1. The average molecular weight is 444 g/mol. The molecule has 2 fully saturated rings. The van der Waals surface area contributed by atoms with Crippen LogP contribution in [0.2, 0.25) is 0 Å². The van der Waals surface area contributed by atoms with Crippen molar-refractivity contribution in [1.29, 1.82) is 0 Å². The van der Waals surface area contributed by atoms with Crippen LogP contribution in [0.4, 0.5) is 4.79 Å². The molecule has 10 nitrogen and oxygen atoms in total. The maximum Gasteiger partial charge on any atom is 0.410 e. The van der Waals surface area contributed by atoms with Crippen molar-refractivity contribution in [2.75, 3.05) is 7.05 Å². The Morgan fingerprint density at radius 2 is 2.03 bits per heavy atom. The molecule has 1 N–H and O–H groups in total. The minimum atomic E-state index is -0.761. The summed E-state index contributed by atoms with van der Waals surface area (Å²) in [5.41, 5.74) is 2.49. The molecule has 0 bridgehead atoms. The molecule has 10 heteroatoms. The zero-order valence-corrected chi connectivity index (χ0v) is 18.7. The molecule has 2 saturated carbocycles. The van der Waals surface area contributed by atoms with Crippen LogP contribution in [0.3, 0.4) is 0 Å². The third kappa shape index (κ3) is 4.84. The number of amides is 1. The molecule has 2 aromatic rings. The molecule has 0 aliphatic heterocycles. The van der Waals surface area contributed by atoms with E-state index in [0.717, 1.165) is 25.7 Å². The predicted molar refractivity (Wildman–Crippen MR) is 114 cm³/mol. The van der Waals surface area contributed by atoms with Crippen molar-refractivity contribution >= 4 is 12.1 Å². The van der Waals surface area contributed by atoms with Gasteiger partial charge >= 0.3 is 12.1 Å². The quantitative estimate of drug-likeness (QED) is 0.694. The molecule has 0 aromatic carbocycles. The Balaban J connectivity index is 1.45. The van der Waals surface area contributed by atoms with Crippen molar-refractivity contribution in [3.63, 3.8) is 0 Å². The number of ether oxygens (including phenoxy) is 2. The monoisotopic (exact) mass is 443 g/mol. The van der Waals surface area contributed by atoms with Gasteiger partial charge in [-0.3, -0.25) is 4.79 Å². The Labute approximate surface area is 186 Å². The van der Waals surface area contributed by atoms with Gasteiger partial charge in [0.25, 0.3) is 0 Å². The van der Waals surface area contributed by atoms with Crippen LogP contribution in [0.1, 0.15) is 49.9 Å². The molecule has 2 heterocycles. The SMILES string of the molecule is Cc1nc(-c2nnn(C)c2COC(=O)N(C)C2CC2)ccc1O[C@H]1CCC[C@H](C(=O)O)C1. The molecule has 172 valence electrons. The molecule has 0 radical (unpaired) electrons. The van der Waals surface area contributed by atoms with Gasteiger partial charge in [0, 0.05) is 20.1 Å². The van der Waals surface area contributed by atoms with E-state index in [1.54, 1.807) is 29.7 Å². The number of aryl methyl sites for hydroxylation is 2. The number of carbonyl (C=O) groups is 2. The lowest BCUT2D eigenvalue weighted by Crippen LogP contribution is -2.29. The zero-order valence-electron chi connectivity index (χ0n) is 18.7. The van der Waals surface area contributed by atoms with E-state index in [9.17, 15) is 14.7 Å². The van der Waals surface area contributed by atoms with Crippen LogP contribution in [-0.2, 0) is 23.2 Å². The van der Waals surface area contributed by atoms with E-state index in [0.29, 0.717) is 41.4 Å². The van der Waals surface area contributed by atoms with E-state index in [4.69, 9.17) is 9.47 Å². The summed E-state index contributed by atoms with van der Waals surface area (Å²) >= 11 is 0. The first-order valence-corrected chi connectivity index (χ1v) is 11.0. The van der Waals surface area contributed by atoms with Crippen molar-refractivity contribution in [3.8, 4) is 17.1 Å². The second kappa shape index (κ2) is 9.13. The maximum absolute atomic E-state index is 12.2. The molecule has 0 saturated heterocycles. The summed E-state index contributed by atoms with van der Waals surface area (Å²) in [6, 6.07) is 3.90. The lowest BCUT2D eigenvalue weighted by molar-refractivity contribution is -0.143. The molecule has 0 unspecified atom stereocenters. The number of carboxylic acids is 1. The van der Waals surface area contributed by atoms with Crippen molar-refractivity contribution in [2.24, 2.45) is 13.0 Å². The minimum Gasteiger partial charge on any atom is -0.489 e. The molecular formula is C22H29N5O5. The highest BCUT2D eigenvalue weighted by Crippen LogP contribution is 2.31. The Morgan fingerprint density at radius 3 is 2.72 bits per heavy atom. The van der Waals surface area contributed by atoms with E-state index >= 15 is 0 Å². The second-order valence-electron chi connectivity index (χ2n) is 8.63. The molecule has 32 heavy (non-hydrogen) atoms. The third-order valence-electron chi connectivity index (χ3n) is 6.21. The van der Waals surface area contributed by atoms with Gasteiger partial charge in [0.2, 0.25) is 0 Å². The van der Waals surface area contributed by atoms with Gasteiger partial charge in [0.15, 0.2) is 0 Å². The highest BCUT2D eigenvalue weighted by Gasteiger charge is 2.31. The second-order valence-corrected chi connectivity index (χ2v) is 8.63. The van der Waals surface area contributed by atoms with Crippen LogP contribution >= 0.6 is 0 Å². The van der Waals surface area contributed by atoms with Crippen molar-refractivity contribution < 1.29 is 24.2 Å². The number of nitrogens with zero attached hydrogens (tertiary/aromatic N) is 5. The molecule has 2 aliphatic rings. The predicted octanol–water partition coefficient (Wildman–Crippen LogP) is 2.94. The summed E-state index contributed by atoms with van der Waals surface area (Å²) in [5, 5.41) is 17.6. The van der Waals surface area contributed by atoms with E-state index in [-0.39, 0.29) is 30.8 Å². The van der Waals surface area contributed by atoms with Crippen molar-refractivity contribution in [2.45, 2.75) is 64.2 Å². The molecule has 1 amide bonds. The summed E-state index contributed by atoms with van der Waals surface area (Å²) in [7, 11) is 3.49. The first kappa shape index (κ1) is 22.0. The van der Waals surface area contributed by atoms with E-state index < -0.39 is 5.97 Å². The van der Waals surface area contributed by atoms with Crippen LogP contribution in [0.15, 0.2) is 12.1 Å². The van der Waals surface area contributed by atoms with E-state index in [1.165, 1.54) is 0 Å². The standard InChI is InChI=1S/C22H29N5O5/c1-13-19(32-16-6-4-5-14(11-16)21(28)29)10-9-17(23-13)20-18(27(3)25-24-20)12-31-22(30)26(2)15-7-8-15/h9-10,14-16H,4-8,11-12H2,1-3H3,(H,28,29)/t14-,16-/m0/s1. The minimum absolute atomic E-state index is 0.0480. The Bertz CT molecular complexity index is 1000. The van der Waals surface area contributed by atoms with Crippen LogP contribution in [-0.4, -0.2) is 61.2 Å². The van der Waals surface area contributed by atoms with Gasteiger partial charge in [-0.2, -0.15) is 0 Å². The van der Waals surface area contributed by atoms with E-state index in [1.807, 2.05) is 13.0 Å². The highest BCUT2D eigenvalue weighted by molar-refractivity contribution is 5.70. The number of hydrogen-bond donors (Lipinski definition) is 1. The first-order chi connectivity index (χ1) is 15.3. The molecular weight excluding hydrogens is 414 g/mol. The summed E-state index contributed by atoms with van der Waals surface area (Å²) in [5.74, 6) is -0.486. The van der Waals surface area contributed by atoms with Gasteiger partial charge < -0.3 is 19.5 Å². The highest BCUT2D eigenvalue weighted by atomic mass is 16.6. The van der Waals surface area contributed by atoms with Crippen LogP contribution in [0.25, 0.3) is 11.4 Å². The maximum atomic E-state index is 12.2. The summed E-state index contributed by atoms with van der Waals surface area (Å²) in [6.07, 6.45) is 4.40. The molecule has 4 rings (SSSR count). The Morgan fingerprint density at radius 1 is 1.25 bits per heavy atom. The van der Waals surface area contributed by atoms with Gasteiger partial charge in [0.1, 0.15) is 23.7 Å². The number of rotatable bonds is 7. The van der Waals surface area contributed by atoms with Crippen LogP contribution < -0.4 is 4.74 Å².